The molecular weight excluding hydrogens is 406 g/mol. The summed E-state index contributed by atoms with van der Waals surface area (Å²) in [6, 6.07) is 8.25. The molecule has 1 unspecified atom stereocenters. The SMILES string of the molecule is Cc1nn(C)cc1C(=O)N1CCCC1Cn1cc(C(=O)N2CCc3ccccc3C2)nn1. The number of carbonyl (C=O) groups is 2. The standard InChI is InChI=1S/C23H27N7O2/c1-16-20(14-27(2)25-16)22(31)30-10-5-8-19(30)13-29-15-21(24-26-29)23(32)28-11-9-17-6-3-4-7-18(17)12-28/h3-4,6-7,14-15,19H,5,8-13H2,1-2H3. The maximum absolute atomic E-state index is 13.1. The van der Waals surface area contributed by atoms with Gasteiger partial charge in [0.15, 0.2) is 5.69 Å². The number of hydrogen-bond donors (Lipinski definition) is 0. The molecule has 1 saturated heterocycles. The van der Waals surface area contributed by atoms with Crippen LogP contribution in [0, 0.1) is 6.92 Å². The zero-order chi connectivity index (χ0) is 22.2. The van der Waals surface area contributed by atoms with Crippen molar-refractivity contribution >= 4 is 11.8 Å². The van der Waals surface area contributed by atoms with Crippen molar-refractivity contribution in [2.45, 2.75) is 45.3 Å². The molecule has 2 aliphatic rings. The summed E-state index contributed by atoms with van der Waals surface area (Å²) in [6.45, 7) is 4.36. The van der Waals surface area contributed by atoms with Crippen molar-refractivity contribution in [1.82, 2.24) is 34.6 Å². The summed E-state index contributed by atoms with van der Waals surface area (Å²) >= 11 is 0. The predicted molar refractivity (Wildman–Crippen MR) is 117 cm³/mol. The maximum Gasteiger partial charge on any atom is 0.276 e. The number of hydrogen-bond acceptors (Lipinski definition) is 5. The van der Waals surface area contributed by atoms with E-state index < -0.39 is 0 Å². The van der Waals surface area contributed by atoms with Gasteiger partial charge in [0.2, 0.25) is 0 Å². The van der Waals surface area contributed by atoms with Crippen LogP contribution in [0.2, 0.25) is 0 Å². The van der Waals surface area contributed by atoms with Gasteiger partial charge in [0.25, 0.3) is 11.8 Å². The topological polar surface area (TPSA) is 89.2 Å². The lowest BCUT2D eigenvalue weighted by molar-refractivity contribution is 0.0714. The number of aromatic nitrogens is 5. The average Bonchev–Trinajstić information content (AvgIpc) is 3.53. The number of likely N-dealkylation sites (tertiary alicyclic amines) is 1. The second kappa shape index (κ2) is 8.22. The van der Waals surface area contributed by atoms with Crippen molar-refractivity contribution in [2.24, 2.45) is 7.05 Å². The van der Waals surface area contributed by atoms with Crippen LogP contribution in [0.4, 0.5) is 0 Å². The van der Waals surface area contributed by atoms with Gasteiger partial charge in [-0.25, -0.2) is 4.68 Å². The van der Waals surface area contributed by atoms with Crippen molar-refractivity contribution in [1.29, 1.82) is 0 Å². The number of amides is 2. The van der Waals surface area contributed by atoms with E-state index in [1.165, 1.54) is 11.1 Å². The minimum atomic E-state index is -0.101. The van der Waals surface area contributed by atoms with Gasteiger partial charge >= 0.3 is 0 Å². The van der Waals surface area contributed by atoms with E-state index in [4.69, 9.17) is 0 Å². The lowest BCUT2D eigenvalue weighted by atomic mass is 10.00. The van der Waals surface area contributed by atoms with Gasteiger partial charge < -0.3 is 9.80 Å². The Bertz CT molecular complexity index is 1160. The average molecular weight is 434 g/mol. The summed E-state index contributed by atoms with van der Waals surface area (Å²) in [4.78, 5) is 29.8. The smallest absolute Gasteiger partial charge is 0.276 e. The summed E-state index contributed by atoms with van der Waals surface area (Å²) in [5, 5.41) is 12.6. The van der Waals surface area contributed by atoms with Crippen LogP contribution in [0.15, 0.2) is 36.7 Å². The number of nitrogens with zero attached hydrogens (tertiary/aromatic N) is 7. The van der Waals surface area contributed by atoms with E-state index in [9.17, 15) is 9.59 Å². The predicted octanol–water partition coefficient (Wildman–Crippen LogP) is 1.82. The molecule has 3 aromatic rings. The minimum Gasteiger partial charge on any atom is -0.334 e. The molecular formula is C23H27N7O2. The van der Waals surface area contributed by atoms with Crippen molar-refractivity contribution in [3.8, 4) is 0 Å². The second-order valence-corrected chi connectivity index (χ2v) is 8.67. The molecule has 0 bridgehead atoms. The van der Waals surface area contributed by atoms with Gasteiger partial charge in [0.1, 0.15) is 0 Å². The Morgan fingerprint density at radius 2 is 1.91 bits per heavy atom. The molecule has 1 fully saturated rings. The highest BCUT2D eigenvalue weighted by Gasteiger charge is 2.32. The Morgan fingerprint density at radius 1 is 1.09 bits per heavy atom. The van der Waals surface area contributed by atoms with Crippen molar-refractivity contribution < 1.29 is 9.59 Å². The van der Waals surface area contributed by atoms with E-state index in [1.54, 1.807) is 21.8 Å². The first-order chi connectivity index (χ1) is 15.5. The Kier molecular flexibility index (Phi) is 5.24. The molecule has 1 atom stereocenters. The molecule has 166 valence electrons. The molecule has 0 saturated carbocycles. The monoisotopic (exact) mass is 433 g/mol. The first-order valence-electron chi connectivity index (χ1n) is 11.1. The Labute approximate surface area is 186 Å². The molecule has 9 heteroatoms. The molecule has 1 aromatic carbocycles. The summed E-state index contributed by atoms with van der Waals surface area (Å²) in [5.41, 5.74) is 4.21. The van der Waals surface area contributed by atoms with Crippen molar-refractivity contribution in [3.05, 3.63) is 64.7 Å². The van der Waals surface area contributed by atoms with Crippen LogP contribution in [0.3, 0.4) is 0 Å². The van der Waals surface area contributed by atoms with Gasteiger partial charge in [-0.2, -0.15) is 5.10 Å². The lowest BCUT2D eigenvalue weighted by Gasteiger charge is -2.28. The number of aryl methyl sites for hydroxylation is 2. The molecule has 0 radical (unpaired) electrons. The molecule has 0 spiro atoms. The van der Waals surface area contributed by atoms with Crippen molar-refractivity contribution in [2.75, 3.05) is 13.1 Å². The zero-order valence-electron chi connectivity index (χ0n) is 18.4. The van der Waals surface area contributed by atoms with Gasteiger partial charge in [-0.1, -0.05) is 29.5 Å². The third kappa shape index (κ3) is 3.79. The van der Waals surface area contributed by atoms with Gasteiger partial charge in [-0.05, 0) is 37.3 Å². The van der Waals surface area contributed by atoms with Crippen LogP contribution in [0.1, 0.15) is 50.5 Å². The van der Waals surface area contributed by atoms with Gasteiger partial charge in [-0.15, -0.1) is 5.10 Å². The summed E-state index contributed by atoms with van der Waals surface area (Å²) in [6.07, 6.45) is 6.18. The fourth-order valence-electron chi connectivity index (χ4n) is 4.79. The number of fused-ring (bicyclic) bond motifs is 1. The van der Waals surface area contributed by atoms with Crippen molar-refractivity contribution in [3.63, 3.8) is 0 Å². The Morgan fingerprint density at radius 3 is 2.69 bits per heavy atom. The van der Waals surface area contributed by atoms with Crippen LogP contribution in [-0.4, -0.2) is 65.5 Å². The second-order valence-electron chi connectivity index (χ2n) is 8.67. The molecule has 0 aliphatic carbocycles. The highest BCUT2D eigenvalue weighted by Crippen LogP contribution is 2.23. The highest BCUT2D eigenvalue weighted by atomic mass is 16.2. The van der Waals surface area contributed by atoms with E-state index in [-0.39, 0.29) is 17.9 Å². The van der Waals surface area contributed by atoms with Crippen LogP contribution < -0.4 is 0 Å². The van der Waals surface area contributed by atoms with Crippen LogP contribution in [0.25, 0.3) is 0 Å². The minimum absolute atomic E-state index is 0.00139. The first kappa shape index (κ1) is 20.4. The third-order valence-electron chi connectivity index (χ3n) is 6.46. The fraction of sp³-hybridized carbons (Fsp3) is 0.435. The van der Waals surface area contributed by atoms with E-state index in [2.05, 4.69) is 27.5 Å². The van der Waals surface area contributed by atoms with E-state index in [0.717, 1.165) is 25.0 Å². The van der Waals surface area contributed by atoms with Gasteiger partial charge in [0.05, 0.1) is 30.0 Å². The molecule has 32 heavy (non-hydrogen) atoms. The molecule has 2 amide bonds. The summed E-state index contributed by atoms with van der Waals surface area (Å²) < 4.78 is 3.36. The van der Waals surface area contributed by atoms with E-state index in [1.807, 2.05) is 35.9 Å². The quantitative estimate of drug-likeness (QED) is 0.626. The molecule has 2 aromatic heterocycles. The molecule has 0 N–H and O–H groups in total. The van der Waals surface area contributed by atoms with Crippen LogP contribution >= 0.6 is 0 Å². The number of rotatable bonds is 4. The summed E-state index contributed by atoms with van der Waals surface area (Å²) in [5.74, 6) is -0.0995. The van der Waals surface area contributed by atoms with E-state index >= 15 is 0 Å². The van der Waals surface area contributed by atoms with Gasteiger partial charge in [0, 0.05) is 32.9 Å². The first-order valence-corrected chi connectivity index (χ1v) is 11.1. The largest absolute Gasteiger partial charge is 0.334 e. The fourth-order valence-corrected chi connectivity index (χ4v) is 4.79. The molecule has 2 aliphatic heterocycles. The Balaban J connectivity index is 1.26. The molecule has 4 heterocycles. The lowest BCUT2D eigenvalue weighted by Crippen LogP contribution is -2.38. The normalized spacial score (nSPS) is 18.1. The van der Waals surface area contributed by atoms with Gasteiger partial charge in [-0.3, -0.25) is 14.3 Å². The van der Waals surface area contributed by atoms with Crippen LogP contribution in [0.5, 0.6) is 0 Å². The molecule has 5 rings (SSSR count). The zero-order valence-corrected chi connectivity index (χ0v) is 18.4. The third-order valence-corrected chi connectivity index (χ3v) is 6.46. The number of carbonyl (C=O) groups excluding carboxylic acids is 2. The number of benzene rings is 1. The highest BCUT2D eigenvalue weighted by molar-refractivity contribution is 5.95. The molecule has 9 nitrogen and oxygen atoms in total. The Hall–Kier alpha value is -3.49. The maximum atomic E-state index is 13.1. The summed E-state index contributed by atoms with van der Waals surface area (Å²) in [7, 11) is 1.82. The van der Waals surface area contributed by atoms with Crippen LogP contribution in [-0.2, 0) is 26.6 Å². The van der Waals surface area contributed by atoms with E-state index in [0.29, 0.717) is 37.4 Å².